The van der Waals surface area contributed by atoms with Gasteiger partial charge in [0.1, 0.15) is 5.69 Å². The Bertz CT molecular complexity index is 1660. The smallest absolute Gasteiger partial charge is 0.433 e. The third kappa shape index (κ3) is 4.48. The first-order chi connectivity index (χ1) is 19.7. The normalized spacial score (nSPS) is 23.0. The Hall–Kier alpha value is -4.07. The summed E-state index contributed by atoms with van der Waals surface area (Å²) < 4.78 is 42.0. The zero-order valence-electron chi connectivity index (χ0n) is 22.8. The number of piperidine rings is 1. The molecule has 3 aromatic rings. The van der Waals surface area contributed by atoms with Crippen LogP contribution in [0.4, 0.5) is 18.0 Å². The first-order valence-electron chi connectivity index (χ1n) is 13.3. The van der Waals surface area contributed by atoms with Gasteiger partial charge >= 0.3 is 12.3 Å². The molecule has 42 heavy (non-hydrogen) atoms. The van der Waals surface area contributed by atoms with Gasteiger partial charge in [0, 0.05) is 35.8 Å². The van der Waals surface area contributed by atoms with Gasteiger partial charge in [0.2, 0.25) is 11.8 Å². The number of carbonyl (C=O) groups is 4. The van der Waals surface area contributed by atoms with Crippen LogP contribution in [0.25, 0.3) is 21.5 Å². The van der Waals surface area contributed by atoms with Crippen LogP contribution in [0.1, 0.15) is 46.8 Å². The SMILES string of the molecule is Cc1cc(C(F)(F)F)nc(-c2ccnc3cc(CN4C(=O)C5C(C4=O)C5(C)C)sc23)c1C(=O)N[C@H]1CCN(C(=O)O)C1. The third-order valence-corrected chi connectivity index (χ3v) is 9.59. The lowest BCUT2D eigenvalue weighted by molar-refractivity contribution is -0.144. The van der Waals surface area contributed by atoms with Crippen LogP contribution in [0.5, 0.6) is 0 Å². The van der Waals surface area contributed by atoms with E-state index in [0.29, 0.717) is 21.5 Å². The maximum atomic E-state index is 13.8. The number of halogens is 3. The van der Waals surface area contributed by atoms with Gasteiger partial charge < -0.3 is 15.3 Å². The molecule has 3 aliphatic rings. The van der Waals surface area contributed by atoms with Crippen molar-refractivity contribution in [1.29, 1.82) is 0 Å². The lowest BCUT2D eigenvalue weighted by Gasteiger charge is -2.19. The van der Waals surface area contributed by atoms with Crippen molar-refractivity contribution in [2.24, 2.45) is 17.3 Å². The summed E-state index contributed by atoms with van der Waals surface area (Å²) in [6.45, 7) is 5.47. The molecule has 220 valence electrons. The number of carbonyl (C=O) groups excluding carboxylic acids is 3. The molecule has 6 rings (SSSR count). The number of hydrogen-bond donors (Lipinski definition) is 2. The Labute approximate surface area is 241 Å². The van der Waals surface area contributed by atoms with Crippen molar-refractivity contribution < 1.29 is 37.5 Å². The van der Waals surface area contributed by atoms with Crippen LogP contribution in [-0.2, 0) is 22.3 Å². The molecule has 3 aromatic heterocycles. The van der Waals surface area contributed by atoms with E-state index in [1.807, 2.05) is 13.8 Å². The molecule has 0 bridgehead atoms. The van der Waals surface area contributed by atoms with Crippen LogP contribution in [0.2, 0.25) is 0 Å². The summed E-state index contributed by atoms with van der Waals surface area (Å²) in [5.74, 6) is -1.81. The van der Waals surface area contributed by atoms with Crippen LogP contribution in [-0.4, -0.2) is 67.8 Å². The number of carboxylic acid groups (broad SMARTS) is 1. The number of nitrogens with zero attached hydrogens (tertiary/aromatic N) is 4. The zero-order chi connectivity index (χ0) is 30.3. The van der Waals surface area contributed by atoms with Gasteiger partial charge in [-0.3, -0.25) is 24.3 Å². The van der Waals surface area contributed by atoms with E-state index in [1.165, 1.54) is 35.4 Å². The van der Waals surface area contributed by atoms with Crippen molar-refractivity contribution >= 4 is 45.4 Å². The molecule has 2 aliphatic heterocycles. The van der Waals surface area contributed by atoms with Gasteiger partial charge in [-0.2, -0.15) is 13.2 Å². The molecule has 2 unspecified atom stereocenters. The van der Waals surface area contributed by atoms with E-state index >= 15 is 0 Å². The number of aromatic nitrogens is 2. The Morgan fingerprint density at radius 2 is 1.88 bits per heavy atom. The fourth-order valence-corrected chi connectivity index (χ4v) is 7.29. The Kier molecular flexibility index (Phi) is 6.33. The van der Waals surface area contributed by atoms with Gasteiger partial charge in [-0.1, -0.05) is 13.8 Å². The van der Waals surface area contributed by atoms with Gasteiger partial charge in [-0.15, -0.1) is 11.3 Å². The Morgan fingerprint density at radius 1 is 1.19 bits per heavy atom. The van der Waals surface area contributed by atoms with Gasteiger partial charge in [-0.05, 0) is 42.5 Å². The maximum Gasteiger partial charge on any atom is 0.433 e. The monoisotopic (exact) mass is 601 g/mol. The number of aryl methyl sites for hydroxylation is 1. The van der Waals surface area contributed by atoms with E-state index in [2.05, 4.69) is 15.3 Å². The molecular formula is C28H26F3N5O5S. The molecule has 0 radical (unpaired) electrons. The quantitative estimate of drug-likeness (QED) is 0.417. The number of hydrogen-bond acceptors (Lipinski definition) is 7. The Morgan fingerprint density at radius 3 is 2.50 bits per heavy atom. The largest absolute Gasteiger partial charge is 0.465 e. The van der Waals surface area contributed by atoms with Crippen LogP contribution >= 0.6 is 11.3 Å². The van der Waals surface area contributed by atoms with E-state index in [9.17, 15) is 37.5 Å². The number of nitrogens with one attached hydrogen (secondary N) is 1. The second-order valence-electron chi connectivity index (χ2n) is 11.6. The van der Waals surface area contributed by atoms with Crippen LogP contribution in [0, 0.1) is 24.2 Å². The number of amides is 4. The summed E-state index contributed by atoms with van der Waals surface area (Å²) >= 11 is 1.17. The number of likely N-dealkylation sites (tertiary alicyclic amines) is 2. The second kappa shape index (κ2) is 9.48. The molecule has 0 aromatic carbocycles. The Balaban J connectivity index is 1.37. The molecule has 10 nitrogen and oxygen atoms in total. The van der Waals surface area contributed by atoms with Crippen molar-refractivity contribution in [1.82, 2.24) is 25.1 Å². The van der Waals surface area contributed by atoms with Crippen molar-refractivity contribution in [3.8, 4) is 11.3 Å². The highest BCUT2D eigenvalue weighted by atomic mass is 32.1. The van der Waals surface area contributed by atoms with Gasteiger partial charge in [-0.25, -0.2) is 9.78 Å². The predicted octanol–water partition coefficient (Wildman–Crippen LogP) is 4.31. The number of pyridine rings is 2. The lowest BCUT2D eigenvalue weighted by Crippen LogP contribution is -2.38. The van der Waals surface area contributed by atoms with Crippen molar-refractivity contribution in [3.05, 3.63) is 46.1 Å². The van der Waals surface area contributed by atoms with Gasteiger partial charge in [0.15, 0.2) is 0 Å². The van der Waals surface area contributed by atoms with Gasteiger partial charge in [0.05, 0.1) is 39.9 Å². The summed E-state index contributed by atoms with van der Waals surface area (Å²) in [5, 5.41) is 12.0. The molecule has 5 heterocycles. The van der Waals surface area contributed by atoms with E-state index < -0.39 is 29.9 Å². The number of imide groups is 1. The minimum absolute atomic E-state index is 0.0192. The van der Waals surface area contributed by atoms with Gasteiger partial charge in [0.25, 0.3) is 5.91 Å². The van der Waals surface area contributed by atoms with Crippen LogP contribution < -0.4 is 5.32 Å². The fraction of sp³-hybridized carbons (Fsp3) is 0.429. The summed E-state index contributed by atoms with van der Waals surface area (Å²) in [7, 11) is 0. The fourth-order valence-electron chi connectivity index (χ4n) is 6.18. The van der Waals surface area contributed by atoms with E-state index in [-0.39, 0.29) is 71.1 Å². The molecular weight excluding hydrogens is 575 g/mol. The topological polar surface area (TPSA) is 133 Å². The first-order valence-corrected chi connectivity index (χ1v) is 14.1. The first kappa shape index (κ1) is 28.1. The van der Waals surface area contributed by atoms with E-state index in [4.69, 9.17) is 0 Å². The third-order valence-electron chi connectivity index (χ3n) is 8.45. The van der Waals surface area contributed by atoms with Crippen LogP contribution in [0.3, 0.4) is 0 Å². The lowest BCUT2D eigenvalue weighted by atomic mass is 9.99. The number of thiophene rings is 1. The van der Waals surface area contributed by atoms with Crippen molar-refractivity contribution in [2.75, 3.05) is 13.1 Å². The highest BCUT2D eigenvalue weighted by Crippen LogP contribution is 2.63. The molecule has 3 atom stereocenters. The minimum Gasteiger partial charge on any atom is -0.465 e. The maximum absolute atomic E-state index is 13.8. The summed E-state index contributed by atoms with van der Waals surface area (Å²) in [5.41, 5.74) is -1.05. The molecule has 0 spiro atoms. The number of fused-ring (bicyclic) bond motifs is 2. The molecule has 14 heteroatoms. The van der Waals surface area contributed by atoms with Crippen molar-refractivity contribution in [2.45, 2.75) is 46.0 Å². The highest BCUT2D eigenvalue weighted by molar-refractivity contribution is 7.19. The summed E-state index contributed by atoms with van der Waals surface area (Å²) in [4.78, 5) is 61.7. The second-order valence-corrected chi connectivity index (χ2v) is 12.7. The minimum atomic E-state index is -4.78. The average Bonchev–Trinajstić information content (AvgIpc) is 3.31. The molecule has 1 saturated carbocycles. The summed E-state index contributed by atoms with van der Waals surface area (Å²) in [6.07, 6.45) is -4.13. The van der Waals surface area contributed by atoms with Crippen molar-refractivity contribution in [3.63, 3.8) is 0 Å². The zero-order valence-corrected chi connectivity index (χ0v) is 23.6. The highest BCUT2D eigenvalue weighted by Gasteiger charge is 2.72. The average molecular weight is 602 g/mol. The number of rotatable bonds is 5. The molecule has 4 amide bonds. The summed E-state index contributed by atoms with van der Waals surface area (Å²) in [6, 6.07) is 3.46. The molecule has 2 saturated heterocycles. The predicted molar refractivity (Wildman–Crippen MR) is 144 cm³/mol. The molecule has 1 aliphatic carbocycles. The standard InChI is InChI=1S/C28H26F3N5O5S/c1-12-8-17(28(29,30)31)34-21(18(12)23(37)33-13-5-7-35(10-13)26(40)41)15-4-6-32-16-9-14(42-22(15)16)11-36-24(38)19-20(25(36)39)27(19,2)3/h4,6,8-9,13,19-20H,5,7,10-11H2,1-3H3,(H,33,37)(H,40,41)/t13-,19?,20?/m0/s1. The van der Waals surface area contributed by atoms with E-state index in [0.717, 1.165) is 11.0 Å². The molecule has 2 N–H and O–H groups in total. The molecule has 3 fully saturated rings. The van der Waals surface area contributed by atoms with Crippen LogP contribution in [0.15, 0.2) is 24.4 Å². The van der Waals surface area contributed by atoms with E-state index in [1.54, 1.807) is 6.07 Å². The number of alkyl halides is 3.